The van der Waals surface area contributed by atoms with Crippen LogP contribution in [-0.2, 0) is 16.1 Å². The maximum absolute atomic E-state index is 11.3. The molecule has 1 aliphatic rings. The van der Waals surface area contributed by atoms with Gasteiger partial charge in [0.25, 0.3) is 5.91 Å². The minimum absolute atomic E-state index is 0.311. The molecule has 0 radical (unpaired) electrons. The first-order valence-corrected chi connectivity index (χ1v) is 4.59. The van der Waals surface area contributed by atoms with Gasteiger partial charge in [0.15, 0.2) is 0 Å². The number of amides is 1. The molecule has 2 rings (SSSR count). The molecule has 0 aromatic carbocycles. The minimum atomic E-state index is -0.416. The lowest BCUT2D eigenvalue weighted by atomic mass is 10.3. The Hall–Kier alpha value is -1.65. The van der Waals surface area contributed by atoms with E-state index in [0.29, 0.717) is 18.7 Å². The van der Waals surface area contributed by atoms with Crippen molar-refractivity contribution in [3.05, 3.63) is 12.4 Å². The molecule has 74 valence electrons. The SMILES string of the molecule is CCn1cc(N2CCC(=O)C2=O)cn1. The van der Waals surface area contributed by atoms with Crippen LogP contribution in [0.1, 0.15) is 13.3 Å². The van der Waals surface area contributed by atoms with Gasteiger partial charge in [-0.2, -0.15) is 5.10 Å². The molecule has 14 heavy (non-hydrogen) atoms. The largest absolute Gasteiger partial charge is 0.302 e. The summed E-state index contributed by atoms with van der Waals surface area (Å²) in [6.45, 7) is 3.21. The smallest absolute Gasteiger partial charge is 0.294 e. The number of aryl methyl sites for hydroxylation is 1. The molecule has 2 heterocycles. The van der Waals surface area contributed by atoms with Crippen LogP contribution in [0.4, 0.5) is 5.69 Å². The van der Waals surface area contributed by atoms with Crippen molar-refractivity contribution in [2.24, 2.45) is 0 Å². The first-order valence-electron chi connectivity index (χ1n) is 4.59. The number of hydrogen-bond donors (Lipinski definition) is 0. The number of anilines is 1. The Bertz CT molecular complexity index is 383. The average Bonchev–Trinajstić information content (AvgIpc) is 2.75. The fourth-order valence-corrected chi connectivity index (χ4v) is 1.48. The molecule has 1 aromatic rings. The summed E-state index contributed by atoms with van der Waals surface area (Å²) >= 11 is 0. The highest BCUT2D eigenvalue weighted by Crippen LogP contribution is 2.18. The van der Waals surface area contributed by atoms with Crippen LogP contribution in [0.2, 0.25) is 0 Å². The molecule has 1 amide bonds. The van der Waals surface area contributed by atoms with E-state index < -0.39 is 5.91 Å². The number of ketones is 1. The first-order chi connectivity index (χ1) is 6.72. The van der Waals surface area contributed by atoms with E-state index in [-0.39, 0.29) is 5.78 Å². The minimum Gasteiger partial charge on any atom is -0.302 e. The number of carbonyl (C=O) groups excluding carboxylic acids is 2. The van der Waals surface area contributed by atoms with Crippen LogP contribution in [0.5, 0.6) is 0 Å². The van der Waals surface area contributed by atoms with Gasteiger partial charge < -0.3 is 4.90 Å². The second-order valence-corrected chi connectivity index (χ2v) is 3.18. The third kappa shape index (κ3) is 1.30. The molecule has 5 nitrogen and oxygen atoms in total. The molecule has 1 aromatic heterocycles. The van der Waals surface area contributed by atoms with Crippen molar-refractivity contribution in [3.63, 3.8) is 0 Å². The summed E-state index contributed by atoms with van der Waals surface area (Å²) in [7, 11) is 0. The number of carbonyl (C=O) groups is 2. The summed E-state index contributed by atoms with van der Waals surface area (Å²) in [5, 5.41) is 4.05. The quantitative estimate of drug-likeness (QED) is 0.631. The first kappa shape index (κ1) is 8.93. The zero-order chi connectivity index (χ0) is 10.1. The zero-order valence-electron chi connectivity index (χ0n) is 7.93. The maximum Gasteiger partial charge on any atom is 0.294 e. The van der Waals surface area contributed by atoms with Crippen LogP contribution in [0.3, 0.4) is 0 Å². The number of Topliss-reactive ketones (excluding diaryl/α,β-unsaturated/α-hetero) is 1. The van der Waals surface area contributed by atoms with E-state index in [4.69, 9.17) is 0 Å². The third-order valence-electron chi connectivity index (χ3n) is 2.30. The van der Waals surface area contributed by atoms with Crippen molar-refractivity contribution >= 4 is 17.4 Å². The van der Waals surface area contributed by atoms with Crippen LogP contribution < -0.4 is 4.90 Å². The van der Waals surface area contributed by atoms with E-state index >= 15 is 0 Å². The van der Waals surface area contributed by atoms with Crippen molar-refractivity contribution in [1.29, 1.82) is 0 Å². The molecule has 0 spiro atoms. The van der Waals surface area contributed by atoms with Crippen LogP contribution in [0, 0.1) is 0 Å². The molecule has 0 atom stereocenters. The van der Waals surface area contributed by atoms with Crippen molar-refractivity contribution in [2.75, 3.05) is 11.4 Å². The van der Waals surface area contributed by atoms with Gasteiger partial charge in [0.05, 0.1) is 11.9 Å². The van der Waals surface area contributed by atoms with Crippen LogP contribution in [-0.4, -0.2) is 28.0 Å². The van der Waals surface area contributed by atoms with Crippen molar-refractivity contribution in [2.45, 2.75) is 19.9 Å². The lowest BCUT2D eigenvalue weighted by Gasteiger charge is -2.10. The van der Waals surface area contributed by atoms with E-state index in [2.05, 4.69) is 5.10 Å². The van der Waals surface area contributed by atoms with Gasteiger partial charge in [-0.1, -0.05) is 0 Å². The van der Waals surface area contributed by atoms with Crippen molar-refractivity contribution in [1.82, 2.24) is 9.78 Å². The number of hydrogen-bond acceptors (Lipinski definition) is 3. The molecule has 0 aliphatic carbocycles. The van der Waals surface area contributed by atoms with Gasteiger partial charge in [-0.15, -0.1) is 0 Å². The normalized spacial score (nSPS) is 16.8. The van der Waals surface area contributed by atoms with Gasteiger partial charge in [0.2, 0.25) is 5.78 Å². The molecule has 1 aliphatic heterocycles. The molecule has 0 unspecified atom stereocenters. The summed E-state index contributed by atoms with van der Waals surface area (Å²) < 4.78 is 1.73. The third-order valence-corrected chi connectivity index (χ3v) is 2.30. The highest BCUT2D eigenvalue weighted by Gasteiger charge is 2.30. The summed E-state index contributed by atoms with van der Waals surface area (Å²) in [4.78, 5) is 23.8. The number of rotatable bonds is 2. The molecule has 0 bridgehead atoms. The topological polar surface area (TPSA) is 55.2 Å². The molecule has 0 saturated carbocycles. The lowest BCUT2D eigenvalue weighted by Crippen LogP contribution is -2.26. The van der Waals surface area contributed by atoms with E-state index in [9.17, 15) is 9.59 Å². The van der Waals surface area contributed by atoms with Crippen molar-refractivity contribution < 1.29 is 9.59 Å². The maximum atomic E-state index is 11.3. The highest BCUT2D eigenvalue weighted by atomic mass is 16.2. The Kier molecular flexibility index (Phi) is 2.07. The predicted molar refractivity (Wildman–Crippen MR) is 49.9 cm³/mol. The summed E-state index contributed by atoms with van der Waals surface area (Å²) in [5.41, 5.74) is 0.711. The fraction of sp³-hybridized carbons (Fsp3) is 0.444. The summed E-state index contributed by atoms with van der Waals surface area (Å²) in [6.07, 6.45) is 3.70. The standard InChI is InChI=1S/C9H11N3O2/c1-2-11-6-7(5-10-11)12-4-3-8(13)9(12)14/h5-6H,2-4H2,1H3. The summed E-state index contributed by atoms with van der Waals surface area (Å²) in [5.74, 6) is -0.727. The zero-order valence-corrected chi connectivity index (χ0v) is 7.93. The monoisotopic (exact) mass is 193 g/mol. The predicted octanol–water partition coefficient (Wildman–Crippen LogP) is 0.209. The molecule has 1 saturated heterocycles. The number of aromatic nitrogens is 2. The molecule has 5 heteroatoms. The van der Waals surface area contributed by atoms with Crippen LogP contribution in [0.15, 0.2) is 12.4 Å². The van der Waals surface area contributed by atoms with Gasteiger partial charge in [0, 0.05) is 25.7 Å². The van der Waals surface area contributed by atoms with Crippen LogP contribution in [0.25, 0.3) is 0 Å². The van der Waals surface area contributed by atoms with E-state index in [1.807, 2.05) is 6.92 Å². The van der Waals surface area contributed by atoms with Gasteiger partial charge in [-0.25, -0.2) is 0 Å². The van der Waals surface area contributed by atoms with Crippen LogP contribution >= 0.6 is 0 Å². The van der Waals surface area contributed by atoms with Gasteiger partial charge >= 0.3 is 0 Å². The fourth-order valence-electron chi connectivity index (χ4n) is 1.48. The Morgan fingerprint density at radius 1 is 1.50 bits per heavy atom. The van der Waals surface area contributed by atoms with Crippen molar-refractivity contribution in [3.8, 4) is 0 Å². The second kappa shape index (κ2) is 3.25. The molecular weight excluding hydrogens is 182 g/mol. The second-order valence-electron chi connectivity index (χ2n) is 3.18. The number of nitrogens with zero attached hydrogens (tertiary/aromatic N) is 3. The Labute approximate surface area is 81.3 Å². The molecular formula is C9H11N3O2. The van der Waals surface area contributed by atoms with Gasteiger partial charge in [-0.3, -0.25) is 14.3 Å². The molecule has 0 N–H and O–H groups in total. The Balaban J connectivity index is 2.23. The Morgan fingerprint density at radius 2 is 2.29 bits per heavy atom. The Morgan fingerprint density at radius 3 is 2.79 bits per heavy atom. The van der Waals surface area contributed by atoms with E-state index in [1.54, 1.807) is 17.1 Å². The van der Waals surface area contributed by atoms with Gasteiger partial charge in [0.1, 0.15) is 0 Å². The lowest BCUT2D eigenvalue weighted by molar-refractivity contribution is -0.133. The summed E-state index contributed by atoms with van der Waals surface area (Å²) in [6, 6.07) is 0. The average molecular weight is 193 g/mol. The van der Waals surface area contributed by atoms with E-state index in [0.717, 1.165) is 6.54 Å². The van der Waals surface area contributed by atoms with Gasteiger partial charge in [-0.05, 0) is 6.92 Å². The highest BCUT2D eigenvalue weighted by molar-refractivity contribution is 6.43. The van der Waals surface area contributed by atoms with E-state index in [1.165, 1.54) is 4.90 Å². The molecule has 1 fully saturated rings.